The van der Waals surface area contributed by atoms with Gasteiger partial charge in [0, 0.05) is 17.9 Å². The summed E-state index contributed by atoms with van der Waals surface area (Å²) >= 11 is 5.79. The standard InChI is InChI=1S/C13H12ClNO3/c1-2-11-15-10(12(18-11)13(16)17)7-8-3-5-9(14)6-4-8/h3-6H,2,7H2,1H3,(H,16,17). The summed E-state index contributed by atoms with van der Waals surface area (Å²) in [6.07, 6.45) is 0.989. The first-order chi connectivity index (χ1) is 8.60. The summed E-state index contributed by atoms with van der Waals surface area (Å²) < 4.78 is 5.18. The van der Waals surface area contributed by atoms with Crippen molar-refractivity contribution >= 4 is 17.6 Å². The molecule has 0 aliphatic rings. The van der Waals surface area contributed by atoms with Gasteiger partial charge in [-0.2, -0.15) is 0 Å². The van der Waals surface area contributed by atoms with Crippen molar-refractivity contribution < 1.29 is 14.3 Å². The van der Waals surface area contributed by atoms with Crippen LogP contribution in [0.15, 0.2) is 28.7 Å². The molecule has 0 amide bonds. The van der Waals surface area contributed by atoms with Gasteiger partial charge < -0.3 is 9.52 Å². The molecule has 2 aromatic rings. The molecular weight excluding hydrogens is 254 g/mol. The highest BCUT2D eigenvalue weighted by Crippen LogP contribution is 2.18. The fourth-order valence-electron chi connectivity index (χ4n) is 1.63. The number of nitrogens with zero attached hydrogens (tertiary/aromatic N) is 1. The topological polar surface area (TPSA) is 63.3 Å². The Hall–Kier alpha value is -1.81. The van der Waals surface area contributed by atoms with Crippen molar-refractivity contribution in [3.8, 4) is 0 Å². The predicted molar refractivity (Wildman–Crippen MR) is 67.1 cm³/mol. The monoisotopic (exact) mass is 265 g/mol. The minimum absolute atomic E-state index is 0.0817. The Morgan fingerprint density at radius 3 is 2.61 bits per heavy atom. The Morgan fingerprint density at radius 1 is 1.39 bits per heavy atom. The highest BCUT2D eigenvalue weighted by Gasteiger charge is 2.18. The molecule has 5 heteroatoms. The van der Waals surface area contributed by atoms with E-state index in [2.05, 4.69) is 4.98 Å². The lowest BCUT2D eigenvalue weighted by Gasteiger charge is -1.99. The SMILES string of the molecule is CCc1nc(Cc2ccc(Cl)cc2)c(C(=O)O)o1. The molecule has 0 saturated carbocycles. The smallest absolute Gasteiger partial charge is 0.373 e. The normalized spacial score (nSPS) is 10.6. The summed E-state index contributed by atoms with van der Waals surface area (Å²) in [5.41, 5.74) is 1.39. The molecular formula is C13H12ClNO3. The number of hydrogen-bond acceptors (Lipinski definition) is 3. The molecule has 0 fully saturated rings. The molecule has 0 unspecified atom stereocenters. The van der Waals surface area contributed by atoms with Crippen molar-refractivity contribution in [3.63, 3.8) is 0 Å². The molecule has 0 saturated heterocycles. The van der Waals surface area contributed by atoms with Gasteiger partial charge in [-0.05, 0) is 17.7 Å². The number of rotatable bonds is 4. The van der Waals surface area contributed by atoms with E-state index in [1.807, 2.05) is 19.1 Å². The Morgan fingerprint density at radius 2 is 2.06 bits per heavy atom. The third-order valence-electron chi connectivity index (χ3n) is 2.52. The largest absolute Gasteiger partial charge is 0.475 e. The van der Waals surface area contributed by atoms with Crippen molar-refractivity contribution in [1.29, 1.82) is 0 Å². The predicted octanol–water partition coefficient (Wildman–Crippen LogP) is 3.18. The molecule has 4 nitrogen and oxygen atoms in total. The number of carbonyl (C=O) groups is 1. The van der Waals surface area contributed by atoms with E-state index in [1.165, 1.54) is 0 Å². The van der Waals surface area contributed by atoms with Gasteiger partial charge in [0.25, 0.3) is 0 Å². The highest BCUT2D eigenvalue weighted by molar-refractivity contribution is 6.30. The van der Waals surface area contributed by atoms with Crippen molar-refractivity contribution in [2.75, 3.05) is 0 Å². The fraction of sp³-hybridized carbons (Fsp3) is 0.231. The van der Waals surface area contributed by atoms with Crippen LogP contribution in [0.4, 0.5) is 0 Å². The lowest BCUT2D eigenvalue weighted by atomic mass is 10.1. The second-order valence-corrected chi connectivity index (χ2v) is 4.28. The van der Waals surface area contributed by atoms with Gasteiger partial charge in [-0.3, -0.25) is 0 Å². The van der Waals surface area contributed by atoms with Gasteiger partial charge in [0.2, 0.25) is 5.76 Å². The van der Waals surface area contributed by atoms with Crippen LogP contribution in [0.25, 0.3) is 0 Å². The van der Waals surface area contributed by atoms with Crippen LogP contribution in [-0.4, -0.2) is 16.1 Å². The summed E-state index contributed by atoms with van der Waals surface area (Å²) in [5.74, 6) is -0.732. The van der Waals surface area contributed by atoms with Gasteiger partial charge in [0.05, 0.1) is 5.69 Å². The van der Waals surface area contributed by atoms with E-state index in [9.17, 15) is 4.79 Å². The van der Waals surface area contributed by atoms with Gasteiger partial charge >= 0.3 is 5.97 Å². The first-order valence-electron chi connectivity index (χ1n) is 5.56. The van der Waals surface area contributed by atoms with Crippen LogP contribution in [0.1, 0.15) is 34.6 Å². The average molecular weight is 266 g/mol. The van der Waals surface area contributed by atoms with Crippen molar-refractivity contribution in [3.05, 3.63) is 52.2 Å². The second kappa shape index (κ2) is 5.23. The van der Waals surface area contributed by atoms with Gasteiger partial charge in [-0.1, -0.05) is 30.7 Å². The van der Waals surface area contributed by atoms with E-state index >= 15 is 0 Å². The zero-order chi connectivity index (χ0) is 13.1. The van der Waals surface area contributed by atoms with Crippen molar-refractivity contribution in [1.82, 2.24) is 4.98 Å². The lowest BCUT2D eigenvalue weighted by molar-refractivity contribution is 0.0659. The zero-order valence-corrected chi connectivity index (χ0v) is 10.6. The zero-order valence-electron chi connectivity index (χ0n) is 9.81. The molecule has 18 heavy (non-hydrogen) atoms. The third-order valence-corrected chi connectivity index (χ3v) is 2.78. The molecule has 1 aromatic carbocycles. The number of aromatic nitrogens is 1. The Kier molecular flexibility index (Phi) is 3.67. The first-order valence-corrected chi connectivity index (χ1v) is 5.94. The van der Waals surface area contributed by atoms with E-state index in [0.29, 0.717) is 29.4 Å². The maximum Gasteiger partial charge on any atom is 0.373 e. The van der Waals surface area contributed by atoms with Gasteiger partial charge in [0.1, 0.15) is 0 Å². The number of hydrogen-bond donors (Lipinski definition) is 1. The van der Waals surface area contributed by atoms with E-state index < -0.39 is 5.97 Å². The van der Waals surface area contributed by atoms with Gasteiger partial charge in [-0.25, -0.2) is 9.78 Å². The summed E-state index contributed by atoms with van der Waals surface area (Å²) in [4.78, 5) is 15.2. The summed E-state index contributed by atoms with van der Waals surface area (Å²) in [5, 5.41) is 9.69. The third kappa shape index (κ3) is 2.71. The number of aromatic carboxylic acids is 1. The number of aryl methyl sites for hydroxylation is 1. The molecule has 1 aromatic heterocycles. The molecule has 0 bridgehead atoms. The minimum Gasteiger partial charge on any atom is -0.475 e. The van der Waals surface area contributed by atoms with Crippen LogP contribution in [-0.2, 0) is 12.8 Å². The van der Waals surface area contributed by atoms with Crippen molar-refractivity contribution in [2.24, 2.45) is 0 Å². The van der Waals surface area contributed by atoms with Gasteiger partial charge in [-0.15, -0.1) is 0 Å². The molecule has 2 rings (SSSR count). The number of benzene rings is 1. The molecule has 0 atom stereocenters. The minimum atomic E-state index is -1.09. The van der Waals surface area contributed by atoms with E-state index in [1.54, 1.807) is 12.1 Å². The Bertz CT molecular complexity index is 560. The summed E-state index contributed by atoms with van der Waals surface area (Å²) in [6, 6.07) is 7.21. The summed E-state index contributed by atoms with van der Waals surface area (Å²) in [7, 11) is 0. The summed E-state index contributed by atoms with van der Waals surface area (Å²) in [6.45, 7) is 1.86. The van der Waals surface area contributed by atoms with E-state index in [4.69, 9.17) is 21.1 Å². The molecule has 0 spiro atoms. The van der Waals surface area contributed by atoms with E-state index in [0.717, 1.165) is 5.56 Å². The van der Waals surface area contributed by atoms with Crippen LogP contribution in [0.3, 0.4) is 0 Å². The number of halogens is 1. The Labute approximate surface area is 109 Å². The number of carboxylic acids is 1. The van der Waals surface area contributed by atoms with Crippen LogP contribution in [0.2, 0.25) is 5.02 Å². The van der Waals surface area contributed by atoms with Crippen LogP contribution >= 0.6 is 11.6 Å². The lowest BCUT2D eigenvalue weighted by Crippen LogP contribution is -2.00. The fourth-order valence-corrected chi connectivity index (χ4v) is 1.76. The molecule has 0 aliphatic carbocycles. The molecule has 1 heterocycles. The van der Waals surface area contributed by atoms with Crippen molar-refractivity contribution in [2.45, 2.75) is 19.8 Å². The molecule has 94 valence electrons. The molecule has 0 radical (unpaired) electrons. The highest BCUT2D eigenvalue weighted by atomic mass is 35.5. The van der Waals surface area contributed by atoms with Gasteiger partial charge in [0.15, 0.2) is 5.89 Å². The second-order valence-electron chi connectivity index (χ2n) is 3.85. The van der Waals surface area contributed by atoms with E-state index in [-0.39, 0.29) is 5.76 Å². The average Bonchev–Trinajstić information content (AvgIpc) is 2.75. The maximum atomic E-state index is 11.0. The number of oxazole rings is 1. The molecule has 1 N–H and O–H groups in total. The molecule has 0 aliphatic heterocycles. The quantitative estimate of drug-likeness (QED) is 0.922. The van der Waals surface area contributed by atoms with Crippen LogP contribution < -0.4 is 0 Å². The number of carboxylic acid groups (broad SMARTS) is 1. The van der Waals surface area contributed by atoms with Crippen LogP contribution in [0.5, 0.6) is 0 Å². The first kappa shape index (κ1) is 12.6. The van der Waals surface area contributed by atoms with Crippen LogP contribution in [0, 0.1) is 0 Å². The maximum absolute atomic E-state index is 11.0. The Balaban J connectivity index is 2.30.